The molecule has 0 aliphatic carbocycles. The summed E-state index contributed by atoms with van der Waals surface area (Å²) in [5.74, 6) is -0.0500. The molecule has 0 aliphatic rings. The number of fused-ring (bicyclic) bond motifs is 1. The first kappa shape index (κ1) is 15.8. The average molecular weight is 378 g/mol. The molecule has 3 aromatic rings. The summed E-state index contributed by atoms with van der Waals surface area (Å²) in [6, 6.07) is 14.9. The second-order valence-electron chi connectivity index (χ2n) is 5.17. The van der Waals surface area contributed by atoms with Crippen LogP contribution in [0.5, 0.6) is 0 Å². The highest BCUT2D eigenvalue weighted by atomic mass is 79.9. The molecule has 3 rings (SSSR count). The number of nitrogens with zero attached hydrogens (tertiary/aromatic N) is 2. The molecule has 6 heteroatoms. The smallest absolute Gasteiger partial charge is 0.297 e. The van der Waals surface area contributed by atoms with Gasteiger partial charge in [-0.15, -0.1) is 0 Å². The summed E-state index contributed by atoms with van der Waals surface area (Å²) < 4.78 is 27.0. The maximum atomic E-state index is 13.0. The van der Waals surface area contributed by atoms with Crippen LogP contribution in [0, 0.1) is 0 Å². The van der Waals surface area contributed by atoms with Gasteiger partial charge in [0.05, 0.1) is 11.6 Å². The predicted molar refractivity (Wildman–Crippen MR) is 90.7 cm³/mol. The van der Waals surface area contributed by atoms with E-state index in [9.17, 15) is 8.78 Å². The number of alkyl halides is 2. The van der Waals surface area contributed by atoms with Gasteiger partial charge in [0, 0.05) is 9.86 Å². The van der Waals surface area contributed by atoms with E-state index in [1.54, 1.807) is 12.1 Å². The Morgan fingerprint density at radius 2 is 1.83 bits per heavy atom. The molecule has 0 radical (unpaired) electrons. The molecule has 0 aliphatic heterocycles. The van der Waals surface area contributed by atoms with Crippen LogP contribution in [0.15, 0.2) is 53.0 Å². The van der Waals surface area contributed by atoms with Crippen molar-refractivity contribution in [3.63, 3.8) is 0 Å². The van der Waals surface area contributed by atoms with Crippen molar-refractivity contribution in [2.75, 3.05) is 5.32 Å². The molecule has 0 spiro atoms. The maximum absolute atomic E-state index is 13.0. The fraction of sp³-hybridized carbons (Fsp3) is 0.176. The summed E-state index contributed by atoms with van der Waals surface area (Å²) in [6.45, 7) is 1.96. The van der Waals surface area contributed by atoms with E-state index >= 15 is 0 Å². The number of para-hydroxylation sites is 1. The highest BCUT2D eigenvalue weighted by molar-refractivity contribution is 9.10. The summed E-state index contributed by atoms with van der Waals surface area (Å²) in [4.78, 5) is 7.93. The Hall–Kier alpha value is -2.08. The van der Waals surface area contributed by atoms with Crippen molar-refractivity contribution in [2.45, 2.75) is 19.4 Å². The van der Waals surface area contributed by atoms with E-state index < -0.39 is 12.2 Å². The zero-order chi connectivity index (χ0) is 16.4. The lowest BCUT2D eigenvalue weighted by molar-refractivity contribution is 0.141. The molecule has 1 aromatic heterocycles. The molecule has 118 valence electrons. The second-order valence-corrected chi connectivity index (χ2v) is 6.08. The predicted octanol–water partition coefficient (Wildman–Crippen LogP) is 5.50. The van der Waals surface area contributed by atoms with Crippen LogP contribution in [0.25, 0.3) is 10.9 Å². The lowest BCUT2D eigenvalue weighted by Gasteiger charge is -2.17. The summed E-state index contributed by atoms with van der Waals surface area (Å²) in [7, 11) is 0. The number of anilines is 1. The van der Waals surface area contributed by atoms with Gasteiger partial charge in [-0.1, -0.05) is 40.2 Å². The lowest BCUT2D eigenvalue weighted by atomic mass is 10.1. The van der Waals surface area contributed by atoms with E-state index in [1.807, 2.05) is 43.3 Å². The number of hydrogen-bond donors (Lipinski definition) is 1. The monoisotopic (exact) mass is 377 g/mol. The largest absolute Gasteiger partial charge is 0.363 e. The summed E-state index contributed by atoms with van der Waals surface area (Å²) in [5.41, 5.74) is 1.53. The Bertz CT molecular complexity index is 839. The van der Waals surface area contributed by atoms with Crippen LogP contribution in [0.3, 0.4) is 0 Å². The third kappa shape index (κ3) is 3.47. The molecule has 0 saturated heterocycles. The van der Waals surface area contributed by atoms with Crippen molar-refractivity contribution in [3.05, 3.63) is 64.4 Å². The number of aromatic nitrogens is 2. The van der Waals surface area contributed by atoms with Crippen molar-refractivity contribution >= 4 is 32.7 Å². The zero-order valence-corrected chi connectivity index (χ0v) is 13.9. The molecule has 1 atom stereocenters. The molecule has 1 unspecified atom stereocenters. The van der Waals surface area contributed by atoms with Crippen LogP contribution in [-0.4, -0.2) is 9.97 Å². The standard InChI is InChI=1S/C17H14BrF2N3/c1-10(11-5-4-6-12(18)9-11)21-16-13-7-2-3-8-14(13)22-17(23-16)15(19)20/h2-10,15H,1H3,(H,21,22,23). The fourth-order valence-corrected chi connectivity index (χ4v) is 2.78. The molecule has 2 aromatic carbocycles. The van der Waals surface area contributed by atoms with Crippen molar-refractivity contribution in [1.29, 1.82) is 0 Å². The number of hydrogen-bond acceptors (Lipinski definition) is 3. The van der Waals surface area contributed by atoms with Crippen LogP contribution in [0.4, 0.5) is 14.6 Å². The molecule has 0 amide bonds. The van der Waals surface area contributed by atoms with Gasteiger partial charge in [0.2, 0.25) is 0 Å². The molecule has 3 nitrogen and oxygen atoms in total. The van der Waals surface area contributed by atoms with Crippen LogP contribution in [0.2, 0.25) is 0 Å². The van der Waals surface area contributed by atoms with Crippen molar-refractivity contribution in [1.82, 2.24) is 9.97 Å². The quantitative estimate of drug-likeness (QED) is 0.651. The Kier molecular flexibility index (Phi) is 4.52. The minimum Gasteiger partial charge on any atom is -0.363 e. The number of rotatable bonds is 4. The molecule has 0 saturated carbocycles. The Balaban J connectivity index is 2.01. The third-order valence-corrected chi connectivity index (χ3v) is 4.01. The van der Waals surface area contributed by atoms with E-state index in [-0.39, 0.29) is 6.04 Å². The molecule has 0 bridgehead atoms. The second kappa shape index (κ2) is 6.58. The first-order valence-electron chi connectivity index (χ1n) is 7.11. The van der Waals surface area contributed by atoms with Crippen molar-refractivity contribution < 1.29 is 8.78 Å². The topological polar surface area (TPSA) is 37.8 Å². The van der Waals surface area contributed by atoms with E-state index in [4.69, 9.17) is 0 Å². The lowest BCUT2D eigenvalue weighted by Crippen LogP contribution is -2.10. The summed E-state index contributed by atoms with van der Waals surface area (Å²) >= 11 is 3.43. The van der Waals surface area contributed by atoms with Gasteiger partial charge in [0.25, 0.3) is 6.43 Å². The number of benzene rings is 2. The first-order chi connectivity index (χ1) is 11.0. The van der Waals surface area contributed by atoms with Gasteiger partial charge in [0.15, 0.2) is 5.82 Å². The molecule has 1 heterocycles. The van der Waals surface area contributed by atoms with Crippen LogP contribution in [-0.2, 0) is 0 Å². The molecule has 23 heavy (non-hydrogen) atoms. The van der Waals surface area contributed by atoms with Gasteiger partial charge in [-0.3, -0.25) is 0 Å². The first-order valence-corrected chi connectivity index (χ1v) is 7.90. The van der Waals surface area contributed by atoms with Gasteiger partial charge in [0.1, 0.15) is 5.82 Å². The van der Waals surface area contributed by atoms with Gasteiger partial charge < -0.3 is 5.32 Å². The fourth-order valence-electron chi connectivity index (χ4n) is 2.37. The molecule has 1 N–H and O–H groups in total. The van der Waals surface area contributed by atoms with Gasteiger partial charge in [-0.2, -0.15) is 0 Å². The Morgan fingerprint density at radius 1 is 1.04 bits per heavy atom. The minimum absolute atomic E-state index is 0.0867. The maximum Gasteiger partial charge on any atom is 0.297 e. The SMILES string of the molecule is CC(Nc1nc(C(F)F)nc2ccccc12)c1cccc(Br)c1. The minimum atomic E-state index is -2.71. The van der Waals surface area contributed by atoms with Crippen LogP contribution in [0.1, 0.15) is 30.8 Å². The van der Waals surface area contributed by atoms with Crippen LogP contribution < -0.4 is 5.32 Å². The van der Waals surface area contributed by atoms with Crippen LogP contribution >= 0.6 is 15.9 Å². The van der Waals surface area contributed by atoms with Gasteiger partial charge >= 0.3 is 0 Å². The van der Waals surface area contributed by atoms with Gasteiger partial charge in [-0.25, -0.2) is 18.7 Å². The normalized spacial score (nSPS) is 12.6. The Labute approximate surface area is 140 Å². The molecular weight excluding hydrogens is 364 g/mol. The number of halogens is 3. The molecule has 0 fully saturated rings. The highest BCUT2D eigenvalue weighted by Crippen LogP contribution is 2.28. The van der Waals surface area contributed by atoms with E-state index in [0.717, 1.165) is 15.4 Å². The Morgan fingerprint density at radius 3 is 2.57 bits per heavy atom. The third-order valence-electron chi connectivity index (χ3n) is 3.52. The zero-order valence-electron chi connectivity index (χ0n) is 12.3. The summed E-state index contributed by atoms with van der Waals surface area (Å²) in [6.07, 6.45) is -2.71. The molecular formula is C17H14BrF2N3. The van der Waals surface area contributed by atoms with Crippen molar-refractivity contribution in [2.24, 2.45) is 0 Å². The highest BCUT2D eigenvalue weighted by Gasteiger charge is 2.16. The average Bonchev–Trinajstić information content (AvgIpc) is 2.54. The van der Waals surface area contributed by atoms with E-state index in [2.05, 4.69) is 31.2 Å². The van der Waals surface area contributed by atoms with Gasteiger partial charge in [-0.05, 0) is 36.8 Å². The van der Waals surface area contributed by atoms with Crippen molar-refractivity contribution in [3.8, 4) is 0 Å². The van der Waals surface area contributed by atoms with E-state index in [0.29, 0.717) is 11.3 Å². The van der Waals surface area contributed by atoms with E-state index in [1.165, 1.54) is 0 Å². The summed E-state index contributed by atoms with van der Waals surface area (Å²) in [5, 5.41) is 3.94. The number of nitrogens with one attached hydrogen (secondary N) is 1.